The van der Waals surface area contributed by atoms with Gasteiger partial charge in [-0.2, -0.15) is 13.2 Å². The quantitative estimate of drug-likeness (QED) is 0.420. The van der Waals surface area contributed by atoms with Crippen molar-refractivity contribution in [3.63, 3.8) is 0 Å². The van der Waals surface area contributed by atoms with Gasteiger partial charge in [-0.3, -0.25) is 9.59 Å². The molecule has 0 fully saturated rings. The van der Waals surface area contributed by atoms with Crippen molar-refractivity contribution in [3.05, 3.63) is 0 Å². The van der Waals surface area contributed by atoms with Gasteiger partial charge < -0.3 is 9.47 Å². The normalized spacial score (nSPS) is 10.1. The highest BCUT2D eigenvalue weighted by Gasteiger charge is 2.39. The smallest absolute Gasteiger partial charge is 0.450 e. The van der Waals surface area contributed by atoms with E-state index in [0.717, 1.165) is 0 Å². The van der Waals surface area contributed by atoms with Crippen molar-refractivity contribution in [2.45, 2.75) is 26.4 Å². The molecule has 0 aromatic heterocycles. The lowest BCUT2D eigenvalue weighted by molar-refractivity contribution is -0.174. The molecular formula is C9H15F3O4. The Balaban J connectivity index is 0. The Hall–Kier alpha value is -1.11. The highest BCUT2D eigenvalue weighted by Crippen LogP contribution is 2.17. The largest absolute Gasteiger partial charge is 0.463 e. The number of carbonyl (C=O) groups is 2. The van der Waals surface area contributed by atoms with Gasteiger partial charge in [0.2, 0.25) is 5.78 Å². The first-order chi connectivity index (χ1) is 7.38. The van der Waals surface area contributed by atoms with Crippen molar-refractivity contribution in [2.75, 3.05) is 20.3 Å². The Bertz CT molecular complexity index is 213. The third-order valence-electron chi connectivity index (χ3n) is 1.17. The van der Waals surface area contributed by atoms with Crippen LogP contribution < -0.4 is 0 Å². The van der Waals surface area contributed by atoms with Crippen molar-refractivity contribution < 1.29 is 32.2 Å². The lowest BCUT2D eigenvalue weighted by Gasteiger charge is -2.05. The Morgan fingerprint density at radius 3 is 2.00 bits per heavy atom. The minimum Gasteiger partial charge on any atom is -0.463 e. The van der Waals surface area contributed by atoms with Gasteiger partial charge in [-0.25, -0.2) is 0 Å². The molecule has 0 rings (SSSR count). The molecule has 16 heavy (non-hydrogen) atoms. The standard InChI is InChI=1S/C7H9F3O4.C2H6/c1-13-2-3-14-6(12)4-5(11)7(8,9)10;1-2/h2-4H2,1H3;1-2H3. The number of halogens is 3. The number of methoxy groups -OCH3 is 1. The fraction of sp³-hybridized carbons (Fsp3) is 0.778. The van der Waals surface area contributed by atoms with Gasteiger partial charge in [0.15, 0.2) is 0 Å². The molecule has 0 aromatic carbocycles. The highest BCUT2D eigenvalue weighted by atomic mass is 19.4. The number of rotatable bonds is 5. The maximum absolute atomic E-state index is 11.6. The van der Waals surface area contributed by atoms with Crippen molar-refractivity contribution >= 4 is 11.8 Å². The summed E-state index contributed by atoms with van der Waals surface area (Å²) in [6.07, 6.45) is -6.27. The van der Waals surface area contributed by atoms with Crippen molar-refractivity contribution in [1.29, 1.82) is 0 Å². The summed E-state index contributed by atoms with van der Waals surface area (Å²) in [4.78, 5) is 20.8. The van der Waals surface area contributed by atoms with E-state index in [0.29, 0.717) is 0 Å². The van der Waals surface area contributed by atoms with E-state index < -0.39 is 24.3 Å². The lowest BCUT2D eigenvalue weighted by Crippen LogP contribution is -2.26. The fourth-order valence-electron chi connectivity index (χ4n) is 0.521. The second-order valence-corrected chi connectivity index (χ2v) is 2.31. The zero-order valence-corrected chi connectivity index (χ0v) is 9.39. The third-order valence-corrected chi connectivity index (χ3v) is 1.17. The Morgan fingerprint density at radius 1 is 1.12 bits per heavy atom. The molecule has 0 atom stereocenters. The molecule has 0 saturated heterocycles. The van der Waals surface area contributed by atoms with Gasteiger partial charge in [-0.05, 0) is 0 Å². The molecule has 0 aliphatic heterocycles. The predicted octanol–water partition coefficient (Wildman–Crippen LogP) is 1.72. The monoisotopic (exact) mass is 244 g/mol. The first-order valence-corrected chi connectivity index (χ1v) is 4.62. The molecular weight excluding hydrogens is 229 g/mol. The summed E-state index contributed by atoms with van der Waals surface area (Å²) in [6.45, 7) is 3.91. The number of alkyl halides is 3. The summed E-state index contributed by atoms with van der Waals surface area (Å²) in [6, 6.07) is 0. The first kappa shape index (κ1) is 17.3. The van der Waals surface area contributed by atoms with Crippen LogP contribution in [-0.2, 0) is 19.1 Å². The van der Waals surface area contributed by atoms with E-state index in [2.05, 4.69) is 9.47 Å². The molecule has 0 bridgehead atoms. The molecule has 0 aliphatic carbocycles. The Kier molecular flexibility index (Phi) is 9.88. The number of ketones is 1. The molecule has 0 heterocycles. The van der Waals surface area contributed by atoms with Gasteiger partial charge in [0.05, 0.1) is 6.61 Å². The molecule has 0 N–H and O–H groups in total. The van der Waals surface area contributed by atoms with Crippen LogP contribution in [0, 0.1) is 0 Å². The third kappa shape index (κ3) is 9.45. The predicted molar refractivity (Wildman–Crippen MR) is 49.9 cm³/mol. The zero-order valence-electron chi connectivity index (χ0n) is 9.39. The number of ether oxygens (including phenoxy) is 2. The Morgan fingerprint density at radius 2 is 1.62 bits per heavy atom. The van der Waals surface area contributed by atoms with Crippen molar-refractivity contribution in [3.8, 4) is 0 Å². The number of esters is 1. The van der Waals surface area contributed by atoms with Gasteiger partial charge in [-0.1, -0.05) is 13.8 Å². The number of carbonyl (C=O) groups excluding carboxylic acids is 2. The average molecular weight is 244 g/mol. The fourth-order valence-corrected chi connectivity index (χ4v) is 0.521. The van der Waals surface area contributed by atoms with Crippen LogP contribution in [0.4, 0.5) is 13.2 Å². The molecule has 0 saturated carbocycles. The van der Waals surface area contributed by atoms with E-state index in [1.807, 2.05) is 13.8 Å². The summed E-state index contributed by atoms with van der Waals surface area (Å²) in [5, 5.41) is 0. The van der Waals surface area contributed by atoms with Crippen LogP contribution in [0.3, 0.4) is 0 Å². The van der Waals surface area contributed by atoms with E-state index in [-0.39, 0.29) is 13.2 Å². The molecule has 7 heteroatoms. The molecule has 0 radical (unpaired) electrons. The second kappa shape index (κ2) is 9.14. The minimum atomic E-state index is -4.99. The van der Waals surface area contributed by atoms with Crippen LogP contribution in [-0.4, -0.2) is 38.3 Å². The van der Waals surface area contributed by atoms with Crippen LogP contribution in [0.5, 0.6) is 0 Å². The van der Waals surface area contributed by atoms with E-state index in [1.165, 1.54) is 7.11 Å². The number of hydrogen-bond acceptors (Lipinski definition) is 4. The van der Waals surface area contributed by atoms with Crippen LogP contribution in [0.1, 0.15) is 20.3 Å². The lowest BCUT2D eigenvalue weighted by atomic mass is 10.3. The van der Waals surface area contributed by atoms with Gasteiger partial charge in [0, 0.05) is 7.11 Å². The van der Waals surface area contributed by atoms with Gasteiger partial charge in [-0.15, -0.1) is 0 Å². The summed E-state index contributed by atoms with van der Waals surface area (Å²) < 4.78 is 43.6. The summed E-state index contributed by atoms with van der Waals surface area (Å²) in [7, 11) is 1.34. The molecule has 4 nitrogen and oxygen atoms in total. The second-order valence-electron chi connectivity index (χ2n) is 2.31. The Labute approximate surface area is 91.7 Å². The van der Waals surface area contributed by atoms with Crippen LogP contribution in [0.2, 0.25) is 0 Å². The average Bonchev–Trinajstić information content (AvgIpc) is 2.19. The SMILES string of the molecule is CC.COCCOC(=O)CC(=O)C(F)(F)F. The molecule has 0 aliphatic rings. The molecule has 96 valence electrons. The topological polar surface area (TPSA) is 52.6 Å². The summed E-state index contributed by atoms with van der Waals surface area (Å²) in [5.74, 6) is -3.32. The maximum Gasteiger partial charge on any atom is 0.450 e. The molecule has 0 aromatic rings. The summed E-state index contributed by atoms with van der Waals surface area (Å²) in [5.41, 5.74) is 0. The van der Waals surface area contributed by atoms with E-state index in [9.17, 15) is 22.8 Å². The summed E-state index contributed by atoms with van der Waals surface area (Å²) >= 11 is 0. The van der Waals surface area contributed by atoms with Crippen molar-refractivity contribution in [2.24, 2.45) is 0 Å². The van der Waals surface area contributed by atoms with Crippen molar-refractivity contribution in [1.82, 2.24) is 0 Å². The van der Waals surface area contributed by atoms with E-state index in [1.54, 1.807) is 0 Å². The molecule has 0 unspecified atom stereocenters. The maximum atomic E-state index is 11.6. The van der Waals surface area contributed by atoms with Crippen LogP contribution in [0.25, 0.3) is 0 Å². The van der Waals surface area contributed by atoms with E-state index >= 15 is 0 Å². The van der Waals surface area contributed by atoms with Crippen LogP contribution >= 0.6 is 0 Å². The first-order valence-electron chi connectivity index (χ1n) is 4.62. The van der Waals surface area contributed by atoms with E-state index in [4.69, 9.17) is 0 Å². The van der Waals surface area contributed by atoms with Crippen LogP contribution in [0.15, 0.2) is 0 Å². The minimum absolute atomic E-state index is 0.0753. The van der Waals surface area contributed by atoms with Gasteiger partial charge in [0.25, 0.3) is 0 Å². The number of hydrogen-bond donors (Lipinski definition) is 0. The number of Topliss-reactive ketones (excluding diaryl/α,β-unsaturated/α-hetero) is 1. The van der Waals surface area contributed by atoms with Gasteiger partial charge in [0.1, 0.15) is 13.0 Å². The molecule has 0 spiro atoms. The van der Waals surface area contributed by atoms with Gasteiger partial charge >= 0.3 is 12.1 Å². The highest BCUT2D eigenvalue weighted by molar-refractivity contribution is 5.98. The zero-order chi connectivity index (χ0) is 13.2. The molecule has 0 amide bonds.